The predicted molar refractivity (Wildman–Crippen MR) is 32.1 cm³/mol. The second-order valence-corrected chi connectivity index (χ2v) is 1.35. The van der Waals surface area contributed by atoms with Crippen molar-refractivity contribution in [3.05, 3.63) is 0 Å². The maximum absolute atomic E-state index is 10.4. The average Bonchev–Trinajstić information content (AvgIpc) is 1.85. The van der Waals surface area contributed by atoms with Gasteiger partial charge >= 0.3 is 0 Å². The van der Waals surface area contributed by atoms with Gasteiger partial charge in [-0.1, -0.05) is 5.16 Å². The van der Waals surface area contributed by atoms with Gasteiger partial charge in [-0.25, -0.2) is 0 Å². The normalized spacial score (nSPS) is 9.89. The van der Waals surface area contributed by atoms with Crippen molar-refractivity contribution in [2.24, 2.45) is 10.9 Å². The second kappa shape index (κ2) is 5.04. The van der Waals surface area contributed by atoms with Crippen LogP contribution in [0.25, 0.3) is 0 Å². The van der Waals surface area contributed by atoms with Gasteiger partial charge in [-0.15, -0.1) is 0 Å². The lowest BCUT2D eigenvalue weighted by atomic mass is 10.4. The van der Waals surface area contributed by atoms with E-state index in [2.05, 4.69) is 10.5 Å². The molecule has 0 aromatic carbocycles. The highest BCUT2D eigenvalue weighted by Crippen LogP contribution is 1.70. The van der Waals surface area contributed by atoms with Gasteiger partial charge in [0.2, 0.25) is 5.91 Å². The number of oxime groups is 1. The number of carbonyl (C=O) groups is 1. The molecule has 5 heteroatoms. The monoisotopic (exact) mass is 131 g/mol. The summed E-state index contributed by atoms with van der Waals surface area (Å²) in [4.78, 5) is 10.4. The third-order valence-electron chi connectivity index (χ3n) is 0.655. The van der Waals surface area contributed by atoms with E-state index in [1.165, 1.54) is 0 Å². The van der Waals surface area contributed by atoms with Gasteiger partial charge in [-0.3, -0.25) is 4.79 Å². The topological polar surface area (TPSA) is 87.7 Å². The van der Waals surface area contributed by atoms with Crippen molar-refractivity contribution in [1.29, 1.82) is 0 Å². The smallest absolute Gasteiger partial charge is 0.226 e. The molecular weight excluding hydrogens is 122 g/mol. The Morgan fingerprint density at radius 3 is 3.00 bits per heavy atom. The van der Waals surface area contributed by atoms with Crippen molar-refractivity contribution in [1.82, 2.24) is 5.32 Å². The fourth-order valence-corrected chi connectivity index (χ4v) is 0.304. The predicted octanol–water partition coefficient (Wildman–Crippen LogP) is -1.13. The van der Waals surface area contributed by atoms with Gasteiger partial charge in [-0.05, 0) is 0 Å². The van der Waals surface area contributed by atoms with Gasteiger partial charge in [0, 0.05) is 13.0 Å². The SMILES string of the molecule is NCCC(=O)NC=NO. The van der Waals surface area contributed by atoms with Gasteiger partial charge in [0.1, 0.15) is 6.34 Å². The van der Waals surface area contributed by atoms with Crippen LogP contribution in [-0.2, 0) is 4.79 Å². The van der Waals surface area contributed by atoms with Gasteiger partial charge in [0.25, 0.3) is 0 Å². The van der Waals surface area contributed by atoms with E-state index in [0.29, 0.717) is 6.54 Å². The Bertz CT molecular complexity index is 112. The van der Waals surface area contributed by atoms with Crippen LogP contribution in [0, 0.1) is 0 Å². The van der Waals surface area contributed by atoms with E-state index in [0.717, 1.165) is 6.34 Å². The number of rotatable bonds is 3. The van der Waals surface area contributed by atoms with E-state index in [-0.39, 0.29) is 12.3 Å². The molecule has 5 nitrogen and oxygen atoms in total. The van der Waals surface area contributed by atoms with Gasteiger partial charge < -0.3 is 16.3 Å². The van der Waals surface area contributed by atoms with Crippen LogP contribution in [0.3, 0.4) is 0 Å². The number of carbonyl (C=O) groups excluding carboxylic acids is 1. The molecule has 0 bridgehead atoms. The Labute approximate surface area is 52.5 Å². The van der Waals surface area contributed by atoms with Crippen molar-refractivity contribution >= 4 is 12.2 Å². The molecule has 0 atom stereocenters. The summed E-state index contributed by atoms with van der Waals surface area (Å²) < 4.78 is 0. The van der Waals surface area contributed by atoms with Crippen molar-refractivity contribution in [3.8, 4) is 0 Å². The highest BCUT2D eigenvalue weighted by molar-refractivity contribution is 5.87. The van der Waals surface area contributed by atoms with Crippen LogP contribution in [0.1, 0.15) is 6.42 Å². The average molecular weight is 131 g/mol. The summed E-state index contributed by atoms with van der Waals surface area (Å²) >= 11 is 0. The summed E-state index contributed by atoms with van der Waals surface area (Å²) in [5.41, 5.74) is 5.03. The van der Waals surface area contributed by atoms with E-state index in [1.54, 1.807) is 0 Å². The van der Waals surface area contributed by atoms with Gasteiger partial charge in [0.05, 0.1) is 0 Å². The molecule has 0 unspecified atom stereocenters. The summed E-state index contributed by atoms with van der Waals surface area (Å²) in [6.07, 6.45) is 1.14. The zero-order chi connectivity index (χ0) is 7.11. The Kier molecular flexibility index (Phi) is 4.43. The highest BCUT2D eigenvalue weighted by atomic mass is 16.4. The lowest BCUT2D eigenvalue weighted by Crippen LogP contribution is -2.23. The molecule has 0 fully saturated rings. The van der Waals surface area contributed by atoms with Crippen molar-refractivity contribution < 1.29 is 10.0 Å². The number of nitrogens with one attached hydrogen (secondary N) is 1. The molecule has 9 heavy (non-hydrogen) atoms. The number of nitrogens with two attached hydrogens (primary N) is 1. The Hall–Kier alpha value is -1.10. The Balaban J connectivity index is 3.27. The van der Waals surface area contributed by atoms with E-state index in [1.807, 2.05) is 0 Å². The molecule has 0 aliphatic rings. The summed E-state index contributed by atoms with van der Waals surface area (Å²) in [6.45, 7) is 0.297. The third-order valence-corrected chi connectivity index (χ3v) is 0.655. The minimum absolute atomic E-state index is 0.242. The van der Waals surface area contributed by atoms with Crippen LogP contribution < -0.4 is 11.1 Å². The molecule has 0 aliphatic heterocycles. The number of hydrogen-bond acceptors (Lipinski definition) is 4. The van der Waals surface area contributed by atoms with Crippen LogP contribution in [-0.4, -0.2) is 24.0 Å². The molecule has 4 N–H and O–H groups in total. The minimum Gasteiger partial charge on any atom is -0.410 e. The minimum atomic E-state index is -0.254. The van der Waals surface area contributed by atoms with E-state index in [9.17, 15) is 4.79 Å². The van der Waals surface area contributed by atoms with Gasteiger partial charge in [-0.2, -0.15) is 0 Å². The Morgan fingerprint density at radius 2 is 2.56 bits per heavy atom. The highest BCUT2D eigenvalue weighted by Gasteiger charge is 1.93. The molecular formula is C4H9N3O2. The molecule has 0 radical (unpaired) electrons. The summed E-state index contributed by atoms with van der Waals surface area (Å²) in [5, 5.41) is 12.5. The molecule has 0 saturated heterocycles. The first kappa shape index (κ1) is 7.90. The fraction of sp³-hybridized carbons (Fsp3) is 0.500. The second-order valence-electron chi connectivity index (χ2n) is 1.35. The lowest BCUT2D eigenvalue weighted by molar-refractivity contribution is -0.119. The van der Waals surface area contributed by atoms with E-state index in [4.69, 9.17) is 10.9 Å². The molecule has 52 valence electrons. The molecule has 0 aromatic rings. The molecule has 0 aliphatic carbocycles. The first-order valence-corrected chi connectivity index (χ1v) is 2.46. The van der Waals surface area contributed by atoms with Crippen LogP contribution in [0.4, 0.5) is 0 Å². The van der Waals surface area contributed by atoms with E-state index >= 15 is 0 Å². The first-order chi connectivity index (χ1) is 4.31. The zero-order valence-electron chi connectivity index (χ0n) is 4.87. The number of nitrogens with zero attached hydrogens (tertiary/aromatic N) is 1. The van der Waals surface area contributed by atoms with Crippen molar-refractivity contribution in [3.63, 3.8) is 0 Å². The third kappa shape index (κ3) is 4.76. The van der Waals surface area contributed by atoms with E-state index < -0.39 is 0 Å². The van der Waals surface area contributed by atoms with Gasteiger partial charge in [0.15, 0.2) is 0 Å². The fourth-order valence-electron chi connectivity index (χ4n) is 0.304. The van der Waals surface area contributed by atoms with Crippen molar-refractivity contribution in [2.75, 3.05) is 6.54 Å². The largest absolute Gasteiger partial charge is 0.410 e. The molecule has 0 rings (SSSR count). The quantitative estimate of drug-likeness (QED) is 0.196. The summed E-state index contributed by atoms with van der Waals surface area (Å²) in [6, 6.07) is 0. The standard InChI is InChI=1S/C4H9N3O2/c5-2-1-4(8)6-3-7-9/h3,9H,1-2,5H2,(H,6,7,8). The van der Waals surface area contributed by atoms with Crippen LogP contribution >= 0.6 is 0 Å². The molecule has 0 spiro atoms. The van der Waals surface area contributed by atoms with Crippen molar-refractivity contribution in [2.45, 2.75) is 6.42 Å². The Morgan fingerprint density at radius 1 is 1.89 bits per heavy atom. The maximum Gasteiger partial charge on any atom is 0.226 e. The lowest BCUT2D eigenvalue weighted by Gasteiger charge is -1.92. The summed E-state index contributed by atoms with van der Waals surface area (Å²) in [5.74, 6) is -0.254. The maximum atomic E-state index is 10.4. The zero-order valence-corrected chi connectivity index (χ0v) is 4.87. The van der Waals surface area contributed by atoms with Crippen LogP contribution in [0.2, 0.25) is 0 Å². The molecule has 0 aromatic heterocycles. The first-order valence-electron chi connectivity index (χ1n) is 2.46. The molecule has 0 heterocycles. The molecule has 1 amide bonds. The van der Waals surface area contributed by atoms with Crippen LogP contribution in [0.5, 0.6) is 0 Å². The van der Waals surface area contributed by atoms with Crippen LogP contribution in [0.15, 0.2) is 5.16 Å². The molecule has 0 saturated carbocycles. The summed E-state index contributed by atoms with van der Waals surface area (Å²) in [7, 11) is 0. The number of amides is 1. The number of hydrogen-bond donors (Lipinski definition) is 3.